The molecule has 0 spiro atoms. The van der Waals surface area contributed by atoms with E-state index in [1.807, 2.05) is 30.3 Å². The van der Waals surface area contributed by atoms with Crippen molar-refractivity contribution in [2.75, 3.05) is 5.32 Å². The van der Waals surface area contributed by atoms with E-state index in [9.17, 15) is 9.59 Å². The van der Waals surface area contributed by atoms with Gasteiger partial charge in [0.15, 0.2) is 0 Å². The number of carbonyl (C=O) groups is 2. The van der Waals surface area contributed by atoms with Crippen molar-refractivity contribution in [2.45, 2.75) is 6.54 Å². The van der Waals surface area contributed by atoms with Crippen molar-refractivity contribution < 1.29 is 9.59 Å². The second-order valence-electron chi connectivity index (χ2n) is 6.00. The van der Waals surface area contributed by atoms with E-state index in [1.54, 1.807) is 42.6 Å². The van der Waals surface area contributed by atoms with Crippen LogP contribution < -0.4 is 10.6 Å². The fourth-order valence-corrected chi connectivity index (χ4v) is 2.71. The van der Waals surface area contributed by atoms with Crippen LogP contribution in [-0.2, 0) is 11.3 Å². The molecule has 0 aliphatic carbocycles. The van der Waals surface area contributed by atoms with Gasteiger partial charge in [-0.1, -0.05) is 35.9 Å². The van der Waals surface area contributed by atoms with E-state index in [-0.39, 0.29) is 11.8 Å². The first-order valence-electron chi connectivity index (χ1n) is 8.62. The Morgan fingerprint density at radius 3 is 2.68 bits per heavy atom. The molecule has 2 amide bonds. The molecule has 140 valence electrons. The molecule has 1 heterocycles. The molecule has 3 aromatic rings. The molecule has 0 bridgehead atoms. The van der Waals surface area contributed by atoms with Gasteiger partial charge in [-0.3, -0.25) is 14.6 Å². The van der Waals surface area contributed by atoms with Crippen LogP contribution in [0.25, 0.3) is 6.08 Å². The predicted molar refractivity (Wildman–Crippen MR) is 111 cm³/mol. The molecule has 0 saturated carbocycles. The van der Waals surface area contributed by atoms with E-state index in [0.29, 0.717) is 22.8 Å². The summed E-state index contributed by atoms with van der Waals surface area (Å²) >= 11 is 5.93. The van der Waals surface area contributed by atoms with Gasteiger partial charge in [0.2, 0.25) is 5.91 Å². The second kappa shape index (κ2) is 9.48. The number of hydrogen-bond acceptors (Lipinski definition) is 3. The summed E-state index contributed by atoms with van der Waals surface area (Å²) in [5.41, 5.74) is 2.86. The first-order valence-corrected chi connectivity index (χ1v) is 9.00. The van der Waals surface area contributed by atoms with Gasteiger partial charge < -0.3 is 10.6 Å². The Labute approximate surface area is 168 Å². The summed E-state index contributed by atoms with van der Waals surface area (Å²) in [6.45, 7) is 0.343. The van der Waals surface area contributed by atoms with Crippen LogP contribution >= 0.6 is 11.6 Å². The first-order chi connectivity index (χ1) is 13.6. The number of carbonyl (C=O) groups excluding carboxylic acids is 2. The molecule has 0 aliphatic rings. The molecule has 0 fully saturated rings. The molecule has 6 heteroatoms. The quantitative estimate of drug-likeness (QED) is 0.615. The molecule has 0 unspecified atom stereocenters. The number of nitrogens with one attached hydrogen (secondary N) is 2. The number of anilines is 1. The fraction of sp³-hybridized carbons (Fsp3) is 0.0455. The summed E-state index contributed by atoms with van der Waals surface area (Å²) in [6.07, 6.45) is 6.27. The van der Waals surface area contributed by atoms with Crippen molar-refractivity contribution in [3.05, 3.63) is 101 Å². The lowest BCUT2D eigenvalue weighted by molar-refractivity contribution is -0.111. The van der Waals surface area contributed by atoms with Crippen LogP contribution in [0.15, 0.2) is 79.1 Å². The van der Waals surface area contributed by atoms with E-state index in [4.69, 9.17) is 11.6 Å². The van der Waals surface area contributed by atoms with Crippen molar-refractivity contribution >= 4 is 35.2 Å². The van der Waals surface area contributed by atoms with E-state index >= 15 is 0 Å². The molecule has 5 nitrogen and oxygen atoms in total. The SMILES string of the molecule is O=C(/C=C/c1cccc(Cl)c1)Nc1cccc(CNC(=O)c2cccnc2)c1. The van der Waals surface area contributed by atoms with E-state index < -0.39 is 0 Å². The maximum Gasteiger partial charge on any atom is 0.253 e. The predicted octanol–water partition coefficient (Wildman–Crippen LogP) is 4.32. The first kappa shape index (κ1) is 19.3. The zero-order valence-corrected chi connectivity index (χ0v) is 15.7. The smallest absolute Gasteiger partial charge is 0.253 e. The third-order valence-electron chi connectivity index (χ3n) is 3.85. The van der Waals surface area contributed by atoms with Crippen LogP contribution in [-0.4, -0.2) is 16.8 Å². The highest BCUT2D eigenvalue weighted by Crippen LogP contribution is 2.13. The summed E-state index contributed by atoms with van der Waals surface area (Å²) in [7, 11) is 0. The number of benzene rings is 2. The highest BCUT2D eigenvalue weighted by molar-refractivity contribution is 6.30. The van der Waals surface area contributed by atoms with Gasteiger partial charge in [0.1, 0.15) is 0 Å². The number of aromatic nitrogens is 1. The highest BCUT2D eigenvalue weighted by Gasteiger charge is 2.05. The largest absolute Gasteiger partial charge is 0.348 e. The number of amides is 2. The third kappa shape index (κ3) is 5.79. The van der Waals surface area contributed by atoms with Gasteiger partial charge in [0, 0.05) is 35.7 Å². The van der Waals surface area contributed by atoms with Gasteiger partial charge >= 0.3 is 0 Å². The average molecular weight is 392 g/mol. The van der Waals surface area contributed by atoms with Crippen LogP contribution in [0, 0.1) is 0 Å². The lowest BCUT2D eigenvalue weighted by atomic mass is 10.2. The highest BCUT2D eigenvalue weighted by atomic mass is 35.5. The molecule has 2 aromatic carbocycles. The Balaban J connectivity index is 1.57. The molecular weight excluding hydrogens is 374 g/mol. The van der Waals surface area contributed by atoms with Gasteiger partial charge in [-0.15, -0.1) is 0 Å². The fourth-order valence-electron chi connectivity index (χ4n) is 2.51. The summed E-state index contributed by atoms with van der Waals surface area (Å²) in [5.74, 6) is -0.455. The maximum atomic E-state index is 12.1. The monoisotopic (exact) mass is 391 g/mol. The molecule has 1 aromatic heterocycles. The molecule has 0 aliphatic heterocycles. The van der Waals surface area contributed by atoms with Crippen molar-refractivity contribution in [1.29, 1.82) is 0 Å². The van der Waals surface area contributed by atoms with Gasteiger partial charge in [-0.05, 0) is 53.6 Å². The van der Waals surface area contributed by atoms with Gasteiger partial charge in [-0.2, -0.15) is 0 Å². The van der Waals surface area contributed by atoms with Crippen LogP contribution in [0.5, 0.6) is 0 Å². The Hall–Kier alpha value is -3.44. The number of pyridine rings is 1. The molecule has 2 N–H and O–H groups in total. The Kier molecular flexibility index (Phi) is 6.54. The number of halogens is 1. The lowest BCUT2D eigenvalue weighted by Crippen LogP contribution is -2.22. The van der Waals surface area contributed by atoms with E-state index in [2.05, 4.69) is 15.6 Å². The van der Waals surface area contributed by atoms with Crippen LogP contribution in [0.2, 0.25) is 5.02 Å². The van der Waals surface area contributed by atoms with Gasteiger partial charge in [0.25, 0.3) is 5.91 Å². The molecule has 0 radical (unpaired) electrons. The third-order valence-corrected chi connectivity index (χ3v) is 4.08. The normalized spacial score (nSPS) is 10.6. The van der Waals surface area contributed by atoms with Gasteiger partial charge in [-0.25, -0.2) is 0 Å². The summed E-state index contributed by atoms with van der Waals surface area (Å²) < 4.78 is 0. The molecular formula is C22H18ClN3O2. The standard InChI is InChI=1S/C22H18ClN3O2/c23-19-7-1-4-16(12-19)9-10-21(27)26-20-8-2-5-17(13-20)14-25-22(28)18-6-3-11-24-15-18/h1-13,15H,14H2,(H,25,28)(H,26,27)/b10-9+. The minimum atomic E-state index is -0.253. The number of hydrogen-bond donors (Lipinski definition) is 2. The minimum absolute atomic E-state index is 0.202. The van der Waals surface area contributed by atoms with Crippen molar-refractivity contribution in [1.82, 2.24) is 10.3 Å². The summed E-state index contributed by atoms with van der Waals surface area (Å²) in [6, 6.07) is 17.9. The summed E-state index contributed by atoms with van der Waals surface area (Å²) in [4.78, 5) is 28.1. The molecule has 0 atom stereocenters. The Morgan fingerprint density at radius 2 is 1.89 bits per heavy atom. The molecule has 0 saturated heterocycles. The summed E-state index contributed by atoms with van der Waals surface area (Å²) in [5, 5.41) is 6.25. The van der Waals surface area contributed by atoms with Crippen LogP contribution in [0.3, 0.4) is 0 Å². The van der Waals surface area contributed by atoms with E-state index in [0.717, 1.165) is 11.1 Å². The maximum absolute atomic E-state index is 12.1. The van der Waals surface area contributed by atoms with Crippen molar-refractivity contribution in [3.8, 4) is 0 Å². The number of nitrogens with zero attached hydrogens (tertiary/aromatic N) is 1. The second-order valence-corrected chi connectivity index (χ2v) is 6.44. The molecule has 3 rings (SSSR count). The number of rotatable bonds is 6. The van der Waals surface area contributed by atoms with Crippen molar-refractivity contribution in [3.63, 3.8) is 0 Å². The van der Waals surface area contributed by atoms with E-state index in [1.165, 1.54) is 12.3 Å². The van der Waals surface area contributed by atoms with Crippen molar-refractivity contribution in [2.24, 2.45) is 0 Å². The molecule has 28 heavy (non-hydrogen) atoms. The average Bonchev–Trinajstić information content (AvgIpc) is 2.71. The topological polar surface area (TPSA) is 71.1 Å². The Morgan fingerprint density at radius 1 is 1.04 bits per heavy atom. The van der Waals surface area contributed by atoms with Crippen LogP contribution in [0.4, 0.5) is 5.69 Å². The van der Waals surface area contributed by atoms with Gasteiger partial charge in [0.05, 0.1) is 5.56 Å². The lowest BCUT2D eigenvalue weighted by Gasteiger charge is -2.08. The zero-order valence-electron chi connectivity index (χ0n) is 14.9. The minimum Gasteiger partial charge on any atom is -0.348 e. The van der Waals surface area contributed by atoms with Crippen LogP contribution in [0.1, 0.15) is 21.5 Å². The zero-order chi connectivity index (χ0) is 19.8. The Bertz CT molecular complexity index is 1000.